The van der Waals surface area contributed by atoms with Crippen LogP contribution in [0.15, 0.2) is 87.5 Å². The minimum absolute atomic E-state index is 0.0340. The fourth-order valence-corrected chi connectivity index (χ4v) is 9.57. The smallest absolute Gasteiger partial charge is 0.243 e. The lowest BCUT2D eigenvalue weighted by molar-refractivity contribution is 0.336. The number of aryl methyl sites for hydroxylation is 3. The van der Waals surface area contributed by atoms with Crippen molar-refractivity contribution in [1.29, 1.82) is 0 Å². The van der Waals surface area contributed by atoms with Gasteiger partial charge < -0.3 is 11.5 Å². The summed E-state index contributed by atoms with van der Waals surface area (Å²) in [5.41, 5.74) is 14.2. The third-order valence-corrected chi connectivity index (χ3v) is 13.6. The summed E-state index contributed by atoms with van der Waals surface area (Å²) in [6.45, 7) is 6.86. The summed E-state index contributed by atoms with van der Waals surface area (Å²) in [6.07, 6.45) is 1.34. The Labute approximate surface area is 281 Å². The van der Waals surface area contributed by atoms with Crippen LogP contribution in [0.25, 0.3) is 0 Å². The summed E-state index contributed by atoms with van der Waals surface area (Å²) >= 11 is 0. The Balaban J connectivity index is 1.83. The molecule has 3 aromatic rings. The number of hydrogen-bond donors (Lipinski definition) is 2. The van der Waals surface area contributed by atoms with Crippen molar-refractivity contribution in [2.75, 3.05) is 52.4 Å². The average Bonchev–Trinajstić information content (AvgIpc) is 3.03. The molecule has 0 unspecified atom stereocenters. The molecule has 3 rings (SSSR count). The van der Waals surface area contributed by atoms with Crippen LogP contribution in [0.3, 0.4) is 0 Å². The monoisotopic (exact) mass is 707 g/mol. The number of nitrogens with zero attached hydrogens (tertiary/aromatic N) is 3. The quantitative estimate of drug-likeness (QED) is 0.180. The first-order valence-corrected chi connectivity index (χ1v) is 20.2. The first-order valence-electron chi connectivity index (χ1n) is 15.8. The molecule has 0 amide bonds. The molecule has 0 heterocycles. The average molecular weight is 708 g/mol. The largest absolute Gasteiger partial charge is 0.330 e. The van der Waals surface area contributed by atoms with E-state index >= 15 is 0 Å². The van der Waals surface area contributed by atoms with Crippen LogP contribution in [0.2, 0.25) is 0 Å². The lowest BCUT2D eigenvalue weighted by Gasteiger charge is -2.27. The second-order valence-electron chi connectivity index (χ2n) is 11.6. The number of benzene rings is 3. The van der Waals surface area contributed by atoms with Gasteiger partial charge in [0.2, 0.25) is 30.1 Å². The Bertz CT molecular complexity index is 1640. The van der Waals surface area contributed by atoms with Crippen LogP contribution in [-0.4, -0.2) is 90.5 Å². The van der Waals surface area contributed by atoms with Crippen molar-refractivity contribution >= 4 is 30.1 Å². The molecule has 0 saturated heterocycles. The minimum atomic E-state index is -3.98. The van der Waals surface area contributed by atoms with Gasteiger partial charge in [-0.2, -0.15) is 12.9 Å². The molecule has 0 aliphatic rings. The predicted octanol–water partition coefficient (Wildman–Crippen LogP) is 3.46. The van der Waals surface area contributed by atoms with E-state index in [1.807, 2.05) is 20.8 Å². The summed E-state index contributed by atoms with van der Waals surface area (Å²) < 4.78 is 85.8. The standard InChI is InChI=1S/C33H49N5O6S3/c1-28-8-14-31(15-9-28)45(39,40)36(22-4-20-34)24-6-26-38(47(43,44)33-18-12-30(3)13-19-33)27-7-25-37(23-5-21-35)46(41,42)32-16-10-29(2)11-17-32/h8-19H,4-7,20-27,34-35H2,1-3H3. The Morgan fingerprint density at radius 1 is 0.404 bits per heavy atom. The summed E-state index contributed by atoms with van der Waals surface area (Å²) in [5.74, 6) is 0. The topological polar surface area (TPSA) is 164 Å². The van der Waals surface area contributed by atoms with Crippen molar-refractivity contribution in [2.45, 2.75) is 61.1 Å². The lowest BCUT2D eigenvalue weighted by atomic mass is 10.2. The Kier molecular flexibility index (Phi) is 14.5. The Hall–Kier alpha value is -2.69. The van der Waals surface area contributed by atoms with E-state index in [4.69, 9.17) is 11.5 Å². The molecule has 0 aliphatic heterocycles. The van der Waals surface area contributed by atoms with Crippen LogP contribution < -0.4 is 11.5 Å². The molecular formula is C33H49N5O6S3. The molecule has 0 spiro atoms. The summed E-state index contributed by atoms with van der Waals surface area (Å²) in [4.78, 5) is 0.441. The van der Waals surface area contributed by atoms with Gasteiger partial charge in [-0.3, -0.25) is 0 Å². The van der Waals surface area contributed by atoms with E-state index in [0.717, 1.165) is 16.7 Å². The highest BCUT2D eigenvalue weighted by molar-refractivity contribution is 7.89. The van der Waals surface area contributed by atoms with E-state index in [9.17, 15) is 25.3 Å². The van der Waals surface area contributed by atoms with Gasteiger partial charge in [-0.05, 0) is 95.9 Å². The van der Waals surface area contributed by atoms with Crippen molar-refractivity contribution in [3.05, 3.63) is 89.5 Å². The van der Waals surface area contributed by atoms with Gasteiger partial charge >= 0.3 is 0 Å². The second-order valence-corrected chi connectivity index (χ2v) is 17.5. The maximum Gasteiger partial charge on any atom is 0.243 e. The van der Waals surface area contributed by atoms with Gasteiger partial charge in [0.15, 0.2) is 0 Å². The van der Waals surface area contributed by atoms with Crippen LogP contribution in [0, 0.1) is 20.8 Å². The van der Waals surface area contributed by atoms with Gasteiger partial charge in [0.25, 0.3) is 0 Å². The highest BCUT2D eigenvalue weighted by atomic mass is 32.2. The molecule has 14 heteroatoms. The van der Waals surface area contributed by atoms with E-state index in [1.54, 1.807) is 72.8 Å². The first kappa shape index (κ1) is 38.8. The van der Waals surface area contributed by atoms with E-state index in [2.05, 4.69) is 0 Å². The molecule has 0 aromatic heterocycles. The van der Waals surface area contributed by atoms with E-state index in [0.29, 0.717) is 25.9 Å². The summed E-state index contributed by atoms with van der Waals surface area (Å²) in [6, 6.07) is 19.7. The molecule has 260 valence electrons. The van der Waals surface area contributed by atoms with E-state index in [1.165, 1.54) is 12.9 Å². The lowest BCUT2D eigenvalue weighted by Crippen LogP contribution is -2.39. The zero-order chi connectivity index (χ0) is 34.7. The molecule has 11 nitrogen and oxygen atoms in total. The fourth-order valence-electron chi connectivity index (χ4n) is 5.02. The van der Waals surface area contributed by atoms with E-state index < -0.39 is 30.1 Å². The molecule has 0 fully saturated rings. The Morgan fingerprint density at radius 3 is 0.830 bits per heavy atom. The third kappa shape index (κ3) is 10.6. The minimum Gasteiger partial charge on any atom is -0.330 e. The maximum absolute atomic E-state index is 13.9. The number of rotatable bonds is 20. The summed E-state index contributed by atoms with van der Waals surface area (Å²) in [5, 5.41) is 0. The number of hydrogen-bond acceptors (Lipinski definition) is 8. The molecule has 0 atom stereocenters. The highest BCUT2D eigenvalue weighted by Crippen LogP contribution is 2.22. The molecule has 0 radical (unpaired) electrons. The number of sulfonamides is 3. The van der Waals surface area contributed by atoms with Crippen molar-refractivity contribution < 1.29 is 25.3 Å². The number of nitrogens with two attached hydrogens (primary N) is 2. The van der Waals surface area contributed by atoms with Gasteiger partial charge in [-0.25, -0.2) is 25.3 Å². The van der Waals surface area contributed by atoms with Crippen molar-refractivity contribution in [2.24, 2.45) is 11.5 Å². The van der Waals surface area contributed by atoms with Crippen LogP contribution >= 0.6 is 0 Å². The third-order valence-electron chi connectivity index (χ3n) is 7.83. The first-order chi connectivity index (χ1) is 22.2. The van der Waals surface area contributed by atoms with Crippen LogP contribution in [0.1, 0.15) is 42.4 Å². The van der Waals surface area contributed by atoms with Crippen LogP contribution in [0.4, 0.5) is 0 Å². The van der Waals surface area contributed by atoms with Crippen molar-refractivity contribution in [3.63, 3.8) is 0 Å². The van der Waals surface area contributed by atoms with Gasteiger partial charge in [0, 0.05) is 39.3 Å². The SMILES string of the molecule is Cc1ccc(S(=O)(=O)N(CCCN)CCCN(CCCN(CCCN)S(=O)(=O)c2ccc(C)cc2)S(=O)(=O)c2ccc(C)cc2)cc1. The molecule has 0 saturated carbocycles. The van der Waals surface area contributed by atoms with Crippen LogP contribution in [0.5, 0.6) is 0 Å². The van der Waals surface area contributed by atoms with Gasteiger partial charge in [-0.1, -0.05) is 53.1 Å². The molecule has 0 aliphatic carbocycles. The van der Waals surface area contributed by atoms with Crippen molar-refractivity contribution in [1.82, 2.24) is 12.9 Å². The van der Waals surface area contributed by atoms with Gasteiger partial charge in [-0.15, -0.1) is 0 Å². The zero-order valence-electron chi connectivity index (χ0n) is 27.6. The maximum atomic E-state index is 13.9. The predicted molar refractivity (Wildman–Crippen MR) is 186 cm³/mol. The van der Waals surface area contributed by atoms with Gasteiger partial charge in [0.1, 0.15) is 0 Å². The fraction of sp³-hybridized carbons (Fsp3) is 0.455. The Morgan fingerprint density at radius 2 is 0.617 bits per heavy atom. The molecule has 47 heavy (non-hydrogen) atoms. The van der Waals surface area contributed by atoms with E-state index in [-0.39, 0.29) is 66.8 Å². The van der Waals surface area contributed by atoms with Crippen molar-refractivity contribution in [3.8, 4) is 0 Å². The summed E-state index contributed by atoms with van der Waals surface area (Å²) in [7, 11) is -11.6. The highest BCUT2D eigenvalue weighted by Gasteiger charge is 2.29. The van der Waals surface area contributed by atoms with Gasteiger partial charge in [0.05, 0.1) is 14.7 Å². The second kappa shape index (κ2) is 17.6. The molecule has 4 N–H and O–H groups in total. The zero-order valence-corrected chi connectivity index (χ0v) is 30.0. The molecule has 0 bridgehead atoms. The molecule has 3 aromatic carbocycles. The normalized spacial score (nSPS) is 12.8. The van der Waals surface area contributed by atoms with Crippen LogP contribution in [-0.2, 0) is 30.1 Å². The molecular weight excluding hydrogens is 659 g/mol.